The van der Waals surface area contributed by atoms with Crippen molar-refractivity contribution in [3.05, 3.63) is 40.9 Å². The first-order valence-electron chi connectivity index (χ1n) is 6.96. The van der Waals surface area contributed by atoms with Gasteiger partial charge in [0.25, 0.3) is 0 Å². The summed E-state index contributed by atoms with van der Waals surface area (Å²) >= 11 is 1.78. The number of benzene rings is 1. The highest BCUT2D eigenvalue weighted by molar-refractivity contribution is 7.15. The van der Waals surface area contributed by atoms with Gasteiger partial charge in [-0.25, -0.2) is 4.98 Å². The fraction of sp³-hybridized carbons (Fsp3) is 0.438. The first-order valence-corrected chi connectivity index (χ1v) is 7.78. The van der Waals surface area contributed by atoms with Crippen LogP contribution >= 0.6 is 11.3 Å². The van der Waals surface area contributed by atoms with Gasteiger partial charge in [0.15, 0.2) is 0 Å². The largest absolute Gasteiger partial charge is 0.312 e. The minimum atomic E-state index is 0.583. The molecule has 0 amide bonds. The average Bonchev–Trinajstić information content (AvgIpc) is 2.88. The highest BCUT2D eigenvalue weighted by atomic mass is 32.1. The van der Waals surface area contributed by atoms with Crippen LogP contribution in [-0.4, -0.2) is 11.5 Å². The second kappa shape index (κ2) is 6.83. The Balaban J connectivity index is 2.05. The molecular weight excluding hydrogens is 252 g/mol. The molecule has 2 nitrogen and oxygen atoms in total. The summed E-state index contributed by atoms with van der Waals surface area (Å²) in [6.45, 7) is 8.61. The topological polar surface area (TPSA) is 24.9 Å². The Hall–Kier alpha value is -1.19. The summed E-state index contributed by atoms with van der Waals surface area (Å²) in [6, 6.07) is 8.77. The van der Waals surface area contributed by atoms with E-state index in [-0.39, 0.29) is 0 Å². The molecule has 0 aliphatic rings. The summed E-state index contributed by atoms with van der Waals surface area (Å²) in [7, 11) is 0. The Labute approximate surface area is 119 Å². The SMILES string of the molecule is CCCNCc1cnc(-c2ccc(C(C)C)cc2)s1. The van der Waals surface area contributed by atoms with Gasteiger partial charge in [-0.3, -0.25) is 0 Å². The third kappa shape index (κ3) is 3.88. The molecule has 0 aliphatic carbocycles. The number of rotatable bonds is 6. The van der Waals surface area contributed by atoms with E-state index in [1.54, 1.807) is 11.3 Å². The van der Waals surface area contributed by atoms with Gasteiger partial charge in [0.2, 0.25) is 0 Å². The highest BCUT2D eigenvalue weighted by Gasteiger charge is 2.05. The predicted molar refractivity (Wildman–Crippen MR) is 83.6 cm³/mol. The van der Waals surface area contributed by atoms with Gasteiger partial charge in [0.1, 0.15) is 5.01 Å². The number of nitrogens with zero attached hydrogens (tertiary/aromatic N) is 1. The number of aromatic nitrogens is 1. The molecular formula is C16H22N2S. The normalized spacial score (nSPS) is 11.2. The van der Waals surface area contributed by atoms with E-state index in [1.807, 2.05) is 6.20 Å². The maximum Gasteiger partial charge on any atom is 0.123 e. The Kier molecular flexibility index (Phi) is 5.11. The third-order valence-electron chi connectivity index (χ3n) is 3.10. The summed E-state index contributed by atoms with van der Waals surface area (Å²) in [5, 5.41) is 4.53. The lowest BCUT2D eigenvalue weighted by Gasteiger charge is -2.05. The summed E-state index contributed by atoms with van der Waals surface area (Å²) in [5.41, 5.74) is 2.60. The van der Waals surface area contributed by atoms with Crippen LogP contribution in [0.2, 0.25) is 0 Å². The molecule has 102 valence electrons. The van der Waals surface area contributed by atoms with E-state index in [9.17, 15) is 0 Å². The molecule has 0 saturated carbocycles. The molecule has 2 aromatic rings. The molecule has 0 atom stereocenters. The fourth-order valence-corrected chi connectivity index (χ4v) is 2.81. The van der Waals surface area contributed by atoms with Gasteiger partial charge in [0.05, 0.1) is 0 Å². The van der Waals surface area contributed by atoms with E-state index in [2.05, 4.69) is 55.3 Å². The zero-order chi connectivity index (χ0) is 13.7. The van der Waals surface area contributed by atoms with Gasteiger partial charge in [0, 0.05) is 23.2 Å². The van der Waals surface area contributed by atoms with Crippen LogP contribution in [0.4, 0.5) is 0 Å². The summed E-state index contributed by atoms with van der Waals surface area (Å²) in [6.07, 6.45) is 3.15. The number of nitrogens with one attached hydrogen (secondary N) is 1. The number of thiazole rings is 1. The van der Waals surface area contributed by atoms with E-state index in [1.165, 1.54) is 22.4 Å². The molecule has 0 radical (unpaired) electrons. The van der Waals surface area contributed by atoms with E-state index in [0.29, 0.717) is 5.92 Å². The van der Waals surface area contributed by atoms with E-state index >= 15 is 0 Å². The van der Waals surface area contributed by atoms with Crippen LogP contribution in [0.3, 0.4) is 0 Å². The Morgan fingerprint density at radius 1 is 1.21 bits per heavy atom. The zero-order valence-electron chi connectivity index (χ0n) is 11.9. The number of hydrogen-bond donors (Lipinski definition) is 1. The fourth-order valence-electron chi connectivity index (χ4n) is 1.92. The molecule has 0 bridgehead atoms. The van der Waals surface area contributed by atoms with Gasteiger partial charge in [-0.2, -0.15) is 0 Å². The van der Waals surface area contributed by atoms with Crippen LogP contribution in [0.5, 0.6) is 0 Å². The first kappa shape index (κ1) is 14.2. The first-order chi connectivity index (χ1) is 9.20. The van der Waals surface area contributed by atoms with Gasteiger partial charge in [-0.05, 0) is 24.4 Å². The lowest BCUT2D eigenvalue weighted by molar-refractivity contribution is 0.681. The molecule has 1 N–H and O–H groups in total. The zero-order valence-corrected chi connectivity index (χ0v) is 12.8. The van der Waals surface area contributed by atoms with Crippen molar-refractivity contribution < 1.29 is 0 Å². The quantitative estimate of drug-likeness (QED) is 0.788. The van der Waals surface area contributed by atoms with Crippen molar-refractivity contribution in [2.24, 2.45) is 0 Å². The minimum absolute atomic E-state index is 0.583. The maximum atomic E-state index is 4.52. The van der Waals surface area contributed by atoms with Crippen molar-refractivity contribution in [2.75, 3.05) is 6.54 Å². The predicted octanol–water partition coefficient (Wildman–Crippen LogP) is 4.43. The second-order valence-electron chi connectivity index (χ2n) is 5.09. The van der Waals surface area contributed by atoms with Gasteiger partial charge >= 0.3 is 0 Å². The highest BCUT2D eigenvalue weighted by Crippen LogP contribution is 2.26. The van der Waals surface area contributed by atoms with Crippen molar-refractivity contribution in [1.82, 2.24) is 10.3 Å². The molecule has 1 heterocycles. The van der Waals surface area contributed by atoms with Crippen LogP contribution in [0.25, 0.3) is 10.6 Å². The van der Waals surface area contributed by atoms with Crippen molar-refractivity contribution in [1.29, 1.82) is 0 Å². The van der Waals surface area contributed by atoms with Crippen molar-refractivity contribution in [2.45, 2.75) is 39.7 Å². The van der Waals surface area contributed by atoms with Gasteiger partial charge < -0.3 is 5.32 Å². The molecule has 0 fully saturated rings. The van der Waals surface area contributed by atoms with Gasteiger partial charge in [-0.1, -0.05) is 45.0 Å². The van der Waals surface area contributed by atoms with Crippen molar-refractivity contribution >= 4 is 11.3 Å². The molecule has 0 saturated heterocycles. The lowest BCUT2D eigenvalue weighted by atomic mass is 10.0. The molecule has 1 aromatic heterocycles. The summed E-state index contributed by atoms with van der Waals surface area (Å²) < 4.78 is 0. The monoisotopic (exact) mass is 274 g/mol. The molecule has 0 spiro atoms. The second-order valence-corrected chi connectivity index (χ2v) is 6.20. The van der Waals surface area contributed by atoms with Crippen LogP contribution < -0.4 is 5.32 Å². The smallest absolute Gasteiger partial charge is 0.123 e. The van der Waals surface area contributed by atoms with E-state index in [4.69, 9.17) is 0 Å². The summed E-state index contributed by atoms with van der Waals surface area (Å²) in [4.78, 5) is 5.82. The third-order valence-corrected chi connectivity index (χ3v) is 4.15. The van der Waals surface area contributed by atoms with Crippen LogP contribution in [0, 0.1) is 0 Å². The van der Waals surface area contributed by atoms with E-state index < -0.39 is 0 Å². The Morgan fingerprint density at radius 2 is 1.95 bits per heavy atom. The molecule has 19 heavy (non-hydrogen) atoms. The molecule has 1 aromatic carbocycles. The summed E-state index contributed by atoms with van der Waals surface area (Å²) in [5.74, 6) is 0.583. The minimum Gasteiger partial charge on any atom is -0.312 e. The van der Waals surface area contributed by atoms with Crippen LogP contribution in [0.15, 0.2) is 30.5 Å². The molecule has 3 heteroatoms. The molecule has 2 rings (SSSR count). The Bertz CT molecular complexity index is 500. The van der Waals surface area contributed by atoms with E-state index in [0.717, 1.165) is 18.1 Å². The van der Waals surface area contributed by atoms with Crippen LogP contribution in [0.1, 0.15) is 43.6 Å². The number of hydrogen-bond acceptors (Lipinski definition) is 3. The van der Waals surface area contributed by atoms with Crippen molar-refractivity contribution in [3.8, 4) is 10.6 Å². The average molecular weight is 274 g/mol. The van der Waals surface area contributed by atoms with Crippen LogP contribution in [-0.2, 0) is 6.54 Å². The van der Waals surface area contributed by atoms with Crippen molar-refractivity contribution in [3.63, 3.8) is 0 Å². The maximum absolute atomic E-state index is 4.52. The van der Waals surface area contributed by atoms with Gasteiger partial charge in [-0.15, -0.1) is 11.3 Å². The Morgan fingerprint density at radius 3 is 2.58 bits per heavy atom. The molecule has 0 unspecified atom stereocenters. The lowest BCUT2D eigenvalue weighted by Crippen LogP contribution is -2.12. The standard InChI is InChI=1S/C16H22N2S/c1-4-9-17-10-15-11-18-16(19-15)14-7-5-13(6-8-14)12(2)3/h5-8,11-12,17H,4,9-10H2,1-3H3. The molecule has 0 aliphatic heterocycles.